The second-order valence-electron chi connectivity index (χ2n) is 4.47. The predicted octanol–water partition coefficient (Wildman–Crippen LogP) is 3.13. The summed E-state index contributed by atoms with van der Waals surface area (Å²) in [5.41, 5.74) is 8.52. The molecule has 0 fully saturated rings. The highest BCUT2D eigenvalue weighted by atomic mass is 16.3. The fourth-order valence-corrected chi connectivity index (χ4v) is 2.38. The van der Waals surface area contributed by atoms with Gasteiger partial charge in [0.15, 0.2) is 0 Å². The van der Waals surface area contributed by atoms with Gasteiger partial charge in [0.25, 0.3) is 0 Å². The lowest BCUT2D eigenvalue weighted by molar-refractivity contribution is 0.447. The van der Waals surface area contributed by atoms with Gasteiger partial charge in [-0.3, -0.25) is 0 Å². The Hall–Kier alpha value is -2.23. The zero-order chi connectivity index (χ0) is 12.7. The molecule has 1 aromatic carbocycles. The number of benzene rings is 1. The van der Waals surface area contributed by atoms with Crippen molar-refractivity contribution < 1.29 is 4.42 Å². The Morgan fingerprint density at radius 2 is 2.17 bits per heavy atom. The fraction of sp³-hybridized carbons (Fsp3) is 0.214. The van der Waals surface area contributed by atoms with Crippen molar-refractivity contribution in [3.63, 3.8) is 0 Å². The Balaban J connectivity index is 2.19. The van der Waals surface area contributed by atoms with Gasteiger partial charge in [-0.2, -0.15) is 0 Å². The van der Waals surface area contributed by atoms with Crippen LogP contribution < -0.4 is 5.73 Å². The first-order valence-electron chi connectivity index (χ1n) is 5.94. The molecule has 0 aliphatic rings. The first-order valence-corrected chi connectivity index (χ1v) is 5.94. The maximum absolute atomic E-state index is 5.79. The molecule has 0 aliphatic carbocycles. The minimum absolute atomic E-state index is 0.119. The molecule has 0 amide bonds. The third kappa shape index (κ3) is 1.57. The number of nitrogens with zero attached hydrogens (tertiary/aromatic N) is 2. The molecule has 0 radical (unpaired) electrons. The van der Waals surface area contributed by atoms with Gasteiger partial charge in [-0.05, 0) is 44.2 Å². The van der Waals surface area contributed by atoms with E-state index >= 15 is 0 Å². The lowest BCUT2D eigenvalue weighted by Crippen LogP contribution is -2.07. The fourth-order valence-electron chi connectivity index (χ4n) is 2.38. The Labute approximate surface area is 105 Å². The van der Waals surface area contributed by atoms with Crippen molar-refractivity contribution in [2.45, 2.75) is 19.9 Å². The van der Waals surface area contributed by atoms with E-state index in [1.54, 1.807) is 6.26 Å². The Morgan fingerprint density at radius 3 is 2.89 bits per heavy atom. The van der Waals surface area contributed by atoms with Crippen LogP contribution in [0.25, 0.3) is 11.0 Å². The van der Waals surface area contributed by atoms with Crippen LogP contribution in [0.4, 0.5) is 5.69 Å². The Bertz CT molecular complexity index is 682. The zero-order valence-electron chi connectivity index (χ0n) is 10.4. The van der Waals surface area contributed by atoms with E-state index in [4.69, 9.17) is 10.2 Å². The van der Waals surface area contributed by atoms with Crippen LogP contribution in [0.1, 0.15) is 24.6 Å². The molecule has 2 N–H and O–H groups in total. The second-order valence-corrected chi connectivity index (χ2v) is 4.47. The van der Waals surface area contributed by atoms with Gasteiger partial charge in [0.05, 0.1) is 23.3 Å². The number of aromatic nitrogens is 2. The largest absolute Gasteiger partial charge is 0.467 e. The highest BCUT2D eigenvalue weighted by molar-refractivity contribution is 5.79. The molecule has 0 saturated heterocycles. The molecule has 92 valence electrons. The number of rotatable bonds is 2. The van der Waals surface area contributed by atoms with Crippen LogP contribution in [-0.2, 0) is 0 Å². The molecule has 1 unspecified atom stereocenters. The quantitative estimate of drug-likeness (QED) is 0.701. The van der Waals surface area contributed by atoms with Gasteiger partial charge in [0.1, 0.15) is 11.6 Å². The molecule has 4 heteroatoms. The summed E-state index contributed by atoms with van der Waals surface area (Å²) in [6, 6.07) is 9.80. The standard InChI is InChI=1S/C14H15N3O/c1-9(14-4-3-7-18-14)17-10(2)16-12-8-11(15)5-6-13(12)17/h3-9H,15H2,1-2H3. The van der Waals surface area contributed by atoms with Crippen LogP contribution >= 0.6 is 0 Å². The van der Waals surface area contributed by atoms with Crippen molar-refractivity contribution in [2.24, 2.45) is 0 Å². The van der Waals surface area contributed by atoms with Gasteiger partial charge in [0, 0.05) is 5.69 Å². The maximum atomic E-state index is 5.79. The third-order valence-corrected chi connectivity index (χ3v) is 3.23. The first kappa shape index (κ1) is 10.9. The van der Waals surface area contributed by atoms with E-state index in [1.165, 1.54) is 0 Å². The van der Waals surface area contributed by atoms with Crippen LogP contribution in [-0.4, -0.2) is 9.55 Å². The molecule has 0 aliphatic heterocycles. The van der Waals surface area contributed by atoms with Gasteiger partial charge >= 0.3 is 0 Å². The number of hydrogen-bond acceptors (Lipinski definition) is 3. The highest BCUT2D eigenvalue weighted by Gasteiger charge is 2.16. The van der Waals surface area contributed by atoms with Gasteiger partial charge in [0.2, 0.25) is 0 Å². The minimum Gasteiger partial charge on any atom is -0.467 e. The van der Waals surface area contributed by atoms with E-state index in [1.807, 2.05) is 37.3 Å². The Kier molecular flexibility index (Phi) is 2.37. The maximum Gasteiger partial charge on any atom is 0.126 e. The SMILES string of the molecule is Cc1nc2cc(N)ccc2n1C(C)c1ccco1. The highest BCUT2D eigenvalue weighted by Crippen LogP contribution is 2.26. The van der Waals surface area contributed by atoms with Crippen LogP contribution in [0.3, 0.4) is 0 Å². The zero-order valence-corrected chi connectivity index (χ0v) is 10.4. The molecular weight excluding hydrogens is 226 g/mol. The van der Waals surface area contributed by atoms with Crippen LogP contribution in [0.15, 0.2) is 41.0 Å². The summed E-state index contributed by atoms with van der Waals surface area (Å²) in [5, 5.41) is 0. The number of hydrogen-bond donors (Lipinski definition) is 1. The van der Waals surface area contributed by atoms with E-state index in [0.717, 1.165) is 28.3 Å². The molecule has 0 saturated carbocycles. The molecule has 3 rings (SSSR count). The van der Waals surface area contributed by atoms with Crippen molar-refractivity contribution in [2.75, 3.05) is 5.73 Å². The molecule has 3 aromatic rings. The normalized spacial score (nSPS) is 13.0. The van der Waals surface area contributed by atoms with Gasteiger partial charge in [-0.1, -0.05) is 0 Å². The molecule has 0 bridgehead atoms. The van der Waals surface area contributed by atoms with Crippen molar-refractivity contribution in [1.82, 2.24) is 9.55 Å². The number of fused-ring (bicyclic) bond motifs is 1. The Morgan fingerprint density at radius 1 is 1.33 bits per heavy atom. The van der Waals surface area contributed by atoms with Crippen LogP contribution in [0.5, 0.6) is 0 Å². The molecule has 2 aromatic heterocycles. The molecule has 0 spiro atoms. The monoisotopic (exact) mass is 241 g/mol. The average Bonchev–Trinajstić information content (AvgIpc) is 2.94. The minimum atomic E-state index is 0.119. The lowest BCUT2D eigenvalue weighted by atomic mass is 10.2. The van der Waals surface area contributed by atoms with Crippen LogP contribution in [0, 0.1) is 6.92 Å². The lowest BCUT2D eigenvalue weighted by Gasteiger charge is -2.14. The van der Waals surface area contributed by atoms with E-state index in [9.17, 15) is 0 Å². The van der Waals surface area contributed by atoms with Crippen molar-refractivity contribution in [1.29, 1.82) is 0 Å². The number of imidazole rings is 1. The molecule has 4 nitrogen and oxygen atoms in total. The second kappa shape index (κ2) is 3.91. The smallest absolute Gasteiger partial charge is 0.126 e. The summed E-state index contributed by atoms with van der Waals surface area (Å²) in [5.74, 6) is 1.88. The van der Waals surface area contributed by atoms with Crippen LogP contribution in [0.2, 0.25) is 0 Å². The third-order valence-electron chi connectivity index (χ3n) is 3.23. The summed E-state index contributed by atoms with van der Waals surface area (Å²) in [7, 11) is 0. The molecular formula is C14H15N3O. The molecule has 18 heavy (non-hydrogen) atoms. The number of anilines is 1. The number of nitrogen functional groups attached to an aromatic ring is 1. The summed E-state index contributed by atoms with van der Waals surface area (Å²) in [4.78, 5) is 4.55. The number of nitrogens with two attached hydrogens (primary N) is 1. The van der Waals surface area contributed by atoms with Crippen molar-refractivity contribution >= 4 is 16.7 Å². The van der Waals surface area contributed by atoms with Gasteiger partial charge in [-0.15, -0.1) is 0 Å². The van der Waals surface area contributed by atoms with Crippen molar-refractivity contribution in [3.05, 3.63) is 48.2 Å². The summed E-state index contributed by atoms with van der Waals surface area (Å²) >= 11 is 0. The predicted molar refractivity (Wildman–Crippen MR) is 71.4 cm³/mol. The summed E-state index contributed by atoms with van der Waals surface area (Å²) < 4.78 is 7.63. The topological polar surface area (TPSA) is 57.0 Å². The van der Waals surface area contributed by atoms with Crippen molar-refractivity contribution in [3.8, 4) is 0 Å². The first-order chi connectivity index (χ1) is 8.66. The average molecular weight is 241 g/mol. The van der Waals surface area contributed by atoms with Gasteiger partial charge < -0.3 is 14.7 Å². The summed E-state index contributed by atoms with van der Waals surface area (Å²) in [6.07, 6.45) is 1.69. The number of aryl methyl sites for hydroxylation is 1. The van der Waals surface area contributed by atoms with Gasteiger partial charge in [-0.25, -0.2) is 4.98 Å². The van der Waals surface area contributed by atoms with E-state index in [0.29, 0.717) is 0 Å². The number of furan rings is 1. The molecule has 1 atom stereocenters. The summed E-state index contributed by atoms with van der Waals surface area (Å²) in [6.45, 7) is 4.10. The van der Waals surface area contributed by atoms with E-state index in [2.05, 4.69) is 16.5 Å². The molecule has 2 heterocycles. The van der Waals surface area contributed by atoms with E-state index in [-0.39, 0.29) is 6.04 Å². The van der Waals surface area contributed by atoms with E-state index < -0.39 is 0 Å².